The van der Waals surface area contributed by atoms with Crippen molar-refractivity contribution in [2.75, 3.05) is 6.54 Å². The van der Waals surface area contributed by atoms with E-state index in [0.29, 0.717) is 35.9 Å². The number of nitrogens with one attached hydrogen (secondary N) is 2. The predicted octanol–water partition coefficient (Wildman–Crippen LogP) is 0.696. The summed E-state index contributed by atoms with van der Waals surface area (Å²) in [6.07, 6.45) is 6.80. The highest BCUT2D eigenvalue weighted by molar-refractivity contribution is 5.78. The Hall–Kier alpha value is -3.29. The van der Waals surface area contributed by atoms with E-state index in [4.69, 9.17) is 0 Å². The Kier molecular flexibility index (Phi) is 4.98. The van der Waals surface area contributed by atoms with Gasteiger partial charge in [-0.25, -0.2) is 9.97 Å². The van der Waals surface area contributed by atoms with Crippen molar-refractivity contribution in [1.29, 1.82) is 0 Å². The third-order valence-corrected chi connectivity index (χ3v) is 3.72. The standard InChI is InChI=1S/C17H18N6O2/c1-12-13(10-15(24)20-7-9-23-8-6-18-11-23)17(25)22-16(21-12)14-4-2-3-5-19-14/h2-6,8,11H,7,9-10H2,1H3,(H,20,24)(H,21,22,25). The van der Waals surface area contributed by atoms with E-state index in [-0.39, 0.29) is 17.9 Å². The average Bonchev–Trinajstić information content (AvgIpc) is 3.12. The summed E-state index contributed by atoms with van der Waals surface area (Å²) in [5, 5.41) is 2.79. The molecule has 0 aliphatic heterocycles. The number of carbonyl (C=O) groups is 1. The zero-order valence-electron chi connectivity index (χ0n) is 13.8. The second-order valence-corrected chi connectivity index (χ2v) is 5.52. The lowest BCUT2D eigenvalue weighted by Crippen LogP contribution is -2.31. The largest absolute Gasteiger partial charge is 0.354 e. The topological polar surface area (TPSA) is 106 Å². The van der Waals surface area contributed by atoms with Crippen molar-refractivity contribution in [2.24, 2.45) is 0 Å². The van der Waals surface area contributed by atoms with Gasteiger partial charge in [-0.05, 0) is 19.1 Å². The molecule has 0 fully saturated rings. The minimum atomic E-state index is -0.321. The van der Waals surface area contributed by atoms with E-state index in [9.17, 15) is 9.59 Å². The van der Waals surface area contributed by atoms with Crippen molar-refractivity contribution in [3.63, 3.8) is 0 Å². The number of pyridine rings is 1. The number of hydrogen-bond donors (Lipinski definition) is 2. The van der Waals surface area contributed by atoms with Gasteiger partial charge in [0.2, 0.25) is 5.91 Å². The molecule has 0 saturated heterocycles. The summed E-state index contributed by atoms with van der Waals surface area (Å²) in [5.41, 5.74) is 1.14. The van der Waals surface area contributed by atoms with Crippen LogP contribution >= 0.6 is 0 Å². The molecular formula is C17H18N6O2. The fraction of sp³-hybridized carbons (Fsp3) is 0.235. The van der Waals surface area contributed by atoms with Crippen molar-refractivity contribution in [3.8, 4) is 11.5 Å². The molecule has 0 saturated carbocycles. The molecule has 0 radical (unpaired) electrons. The van der Waals surface area contributed by atoms with Crippen LogP contribution in [0.25, 0.3) is 11.5 Å². The molecule has 2 N–H and O–H groups in total. The quantitative estimate of drug-likeness (QED) is 0.688. The third-order valence-electron chi connectivity index (χ3n) is 3.72. The summed E-state index contributed by atoms with van der Waals surface area (Å²) in [4.78, 5) is 39.6. The zero-order chi connectivity index (χ0) is 17.6. The predicted molar refractivity (Wildman–Crippen MR) is 91.8 cm³/mol. The van der Waals surface area contributed by atoms with Gasteiger partial charge in [-0.15, -0.1) is 0 Å². The van der Waals surface area contributed by atoms with Gasteiger partial charge in [0.05, 0.1) is 12.7 Å². The van der Waals surface area contributed by atoms with Crippen LogP contribution in [0.1, 0.15) is 11.3 Å². The number of H-pyrrole nitrogens is 1. The number of amides is 1. The summed E-state index contributed by atoms with van der Waals surface area (Å²) in [6.45, 7) is 2.80. The first-order chi connectivity index (χ1) is 12.1. The lowest BCUT2D eigenvalue weighted by atomic mass is 10.1. The highest BCUT2D eigenvalue weighted by atomic mass is 16.2. The van der Waals surface area contributed by atoms with Gasteiger partial charge >= 0.3 is 0 Å². The molecular weight excluding hydrogens is 320 g/mol. The molecule has 0 spiro atoms. The van der Waals surface area contributed by atoms with Crippen LogP contribution in [-0.2, 0) is 17.8 Å². The molecule has 0 atom stereocenters. The third kappa shape index (κ3) is 4.17. The molecule has 25 heavy (non-hydrogen) atoms. The number of aromatic amines is 1. The van der Waals surface area contributed by atoms with Gasteiger partial charge in [0.15, 0.2) is 5.82 Å². The molecule has 3 aromatic rings. The summed E-state index contributed by atoms with van der Waals surface area (Å²) >= 11 is 0. The zero-order valence-corrected chi connectivity index (χ0v) is 13.8. The van der Waals surface area contributed by atoms with Crippen molar-refractivity contribution >= 4 is 5.91 Å². The fourth-order valence-electron chi connectivity index (χ4n) is 2.41. The molecule has 0 aliphatic carbocycles. The molecule has 0 aromatic carbocycles. The lowest BCUT2D eigenvalue weighted by Gasteiger charge is -2.08. The average molecular weight is 338 g/mol. The first-order valence-electron chi connectivity index (χ1n) is 7.87. The van der Waals surface area contributed by atoms with E-state index < -0.39 is 0 Å². The Morgan fingerprint density at radius 3 is 2.88 bits per heavy atom. The first kappa shape index (κ1) is 16.6. The number of imidazole rings is 1. The summed E-state index contributed by atoms with van der Waals surface area (Å²) < 4.78 is 1.86. The minimum Gasteiger partial charge on any atom is -0.354 e. The van der Waals surface area contributed by atoms with Crippen LogP contribution in [-0.4, -0.2) is 37.0 Å². The highest BCUT2D eigenvalue weighted by Gasteiger charge is 2.13. The normalized spacial score (nSPS) is 10.6. The van der Waals surface area contributed by atoms with Gasteiger partial charge in [-0.1, -0.05) is 6.07 Å². The number of hydrogen-bond acceptors (Lipinski definition) is 5. The van der Waals surface area contributed by atoms with E-state index in [0.717, 1.165) is 0 Å². The molecule has 128 valence electrons. The Balaban J connectivity index is 1.66. The van der Waals surface area contributed by atoms with Gasteiger partial charge in [0.1, 0.15) is 5.69 Å². The van der Waals surface area contributed by atoms with E-state index in [1.807, 2.05) is 16.8 Å². The van der Waals surface area contributed by atoms with E-state index in [2.05, 4.69) is 25.3 Å². The fourth-order valence-corrected chi connectivity index (χ4v) is 2.41. The van der Waals surface area contributed by atoms with Gasteiger partial charge < -0.3 is 14.9 Å². The maximum Gasteiger partial charge on any atom is 0.255 e. The van der Waals surface area contributed by atoms with Crippen LogP contribution < -0.4 is 10.9 Å². The van der Waals surface area contributed by atoms with Crippen molar-refractivity contribution in [2.45, 2.75) is 19.9 Å². The Morgan fingerprint density at radius 2 is 2.20 bits per heavy atom. The Labute approximate surface area is 144 Å². The number of carbonyl (C=O) groups excluding carboxylic acids is 1. The molecule has 3 aromatic heterocycles. The van der Waals surface area contributed by atoms with E-state index >= 15 is 0 Å². The van der Waals surface area contributed by atoms with Crippen LogP contribution in [0.3, 0.4) is 0 Å². The molecule has 1 amide bonds. The maximum absolute atomic E-state index is 12.3. The van der Waals surface area contributed by atoms with Gasteiger partial charge in [0.25, 0.3) is 5.56 Å². The molecule has 0 unspecified atom stereocenters. The van der Waals surface area contributed by atoms with Gasteiger partial charge in [0, 0.05) is 42.9 Å². The van der Waals surface area contributed by atoms with Crippen LogP contribution in [0.4, 0.5) is 0 Å². The van der Waals surface area contributed by atoms with E-state index in [1.54, 1.807) is 37.8 Å². The van der Waals surface area contributed by atoms with Crippen molar-refractivity contribution in [1.82, 2.24) is 29.8 Å². The van der Waals surface area contributed by atoms with Crippen LogP contribution in [0.5, 0.6) is 0 Å². The molecule has 8 heteroatoms. The van der Waals surface area contributed by atoms with E-state index in [1.165, 1.54) is 0 Å². The highest BCUT2D eigenvalue weighted by Crippen LogP contribution is 2.11. The first-order valence-corrected chi connectivity index (χ1v) is 7.87. The Morgan fingerprint density at radius 1 is 1.32 bits per heavy atom. The second kappa shape index (κ2) is 7.52. The number of aromatic nitrogens is 5. The SMILES string of the molecule is Cc1nc(-c2ccccn2)[nH]c(=O)c1CC(=O)NCCn1ccnc1. The Bertz CT molecular complexity index is 903. The molecule has 3 rings (SSSR count). The van der Waals surface area contributed by atoms with Crippen LogP contribution in [0.15, 0.2) is 47.9 Å². The molecule has 3 heterocycles. The van der Waals surface area contributed by atoms with Gasteiger partial charge in [-0.2, -0.15) is 0 Å². The lowest BCUT2D eigenvalue weighted by molar-refractivity contribution is -0.120. The molecule has 0 bridgehead atoms. The van der Waals surface area contributed by atoms with Crippen LogP contribution in [0.2, 0.25) is 0 Å². The monoisotopic (exact) mass is 338 g/mol. The van der Waals surface area contributed by atoms with Crippen LogP contribution in [0, 0.1) is 6.92 Å². The number of aryl methyl sites for hydroxylation is 1. The summed E-state index contributed by atoms with van der Waals surface area (Å²) in [6, 6.07) is 5.37. The minimum absolute atomic E-state index is 0.0133. The maximum atomic E-state index is 12.3. The summed E-state index contributed by atoms with van der Waals surface area (Å²) in [7, 11) is 0. The van der Waals surface area contributed by atoms with Gasteiger partial charge in [-0.3, -0.25) is 14.6 Å². The second-order valence-electron chi connectivity index (χ2n) is 5.52. The number of rotatable bonds is 6. The molecule has 8 nitrogen and oxygen atoms in total. The van der Waals surface area contributed by atoms with Crippen molar-refractivity contribution < 1.29 is 4.79 Å². The number of nitrogens with zero attached hydrogens (tertiary/aromatic N) is 4. The molecule has 0 aliphatic rings. The van der Waals surface area contributed by atoms with Crippen molar-refractivity contribution in [3.05, 3.63) is 64.7 Å². The smallest absolute Gasteiger partial charge is 0.255 e. The summed E-state index contributed by atoms with van der Waals surface area (Å²) in [5.74, 6) is 0.175.